The largest absolute Gasteiger partial charge is 0.435 e. The molecule has 8 heteroatoms. The topological polar surface area (TPSA) is 68.2 Å². The van der Waals surface area contributed by atoms with E-state index in [-0.39, 0.29) is 18.1 Å². The molecule has 1 aromatic rings. The van der Waals surface area contributed by atoms with Crippen molar-refractivity contribution >= 4 is 5.96 Å². The van der Waals surface area contributed by atoms with Crippen molar-refractivity contribution in [3.63, 3.8) is 0 Å². The van der Waals surface area contributed by atoms with Crippen molar-refractivity contribution in [2.45, 2.75) is 45.3 Å². The molecule has 0 aliphatic heterocycles. The molecule has 3 N–H and O–H groups in total. The molecule has 0 aliphatic rings. The lowest BCUT2D eigenvalue weighted by Crippen LogP contribution is -2.32. The molecule has 0 amide bonds. The van der Waals surface area contributed by atoms with Crippen molar-refractivity contribution in [2.75, 3.05) is 6.54 Å². The number of nitrogens with one attached hydrogen (secondary N) is 1. The maximum absolute atomic E-state index is 12.7. The molecule has 0 atom stereocenters. The van der Waals surface area contributed by atoms with E-state index in [1.807, 2.05) is 0 Å². The zero-order chi connectivity index (χ0) is 15.9. The van der Waals surface area contributed by atoms with E-state index in [4.69, 9.17) is 5.73 Å². The van der Waals surface area contributed by atoms with Crippen LogP contribution in [-0.4, -0.2) is 22.3 Å². The molecule has 1 aromatic heterocycles. The Labute approximate surface area is 122 Å². The van der Waals surface area contributed by atoms with E-state index in [1.54, 1.807) is 0 Å². The molecule has 0 bridgehead atoms. The maximum atomic E-state index is 12.7. The SMILES string of the molecule is CCCCCCNC(N)=NCc1cn(C)nc1C(F)(F)F. The van der Waals surface area contributed by atoms with Gasteiger partial charge in [0.1, 0.15) is 0 Å². The zero-order valence-corrected chi connectivity index (χ0v) is 12.4. The molecule has 0 fully saturated rings. The molecule has 21 heavy (non-hydrogen) atoms. The third kappa shape index (κ3) is 6.05. The van der Waals surface area contributed by atoms with Gasteiger partial charge in [-0.1, -0.05) is 26.2 Å². The Kier molecular flexibility index (Phi) is 6.51. The summed E-state index contributed by atoms with van der Waals surface area (Å²) < 4.78 is 39.3. The van der Waals surface area contributed by atoms with E-state index in [2.05, 4.69) is 22.3 Å². The summed E-state index contributed by atoms with van der Waals surface area (Å²) in [6, 6.07) is 0. The molecule has 0 aliphatic carbocycles. The van der Waals surface area contributed by atoms with Crippen LogP contribution in [0.5, 0.6) is 0 Å². The van der Waals surface area contributed by atoms with Gasteiger partial charge in [0.15, 0.2) is 11.7 Å². The van der Waals surface area contributed by atoms with Crippen LogP contribution in [0.2, 0.25) is 0 Å². The minimum absolute atomic E-state index is 0.0146. The minimum atomic E-state index is -4.48. The van der Waals surface area contributed by atoms with Gasteiger partial charge in [0.25, 0.3) is 0 Å². The second-order valence-corrected chi connectivity index (χ2v) is 4.86. The number of aromatic nitrogens is 2. The minimum Gasteiger partial charge on any atom is -0.370 e. The molecule has 5 nitrogen and oxygen atoms in total. The Morgan fingerprint density at radius 3 is 2.71 bits per heavy atom. The lowest BCUT2D eigenvalue weighted by molar-refractivity contribution is -0.142. The van der Waals surface area contributed by atoms with Gasteiger partial charge in [-0.2, -0.15) is 18.3 Å². The predicted octanol–water partition coefficient (Wildman–Crippen LogP) is 2.42. The first-order valence-electron chi connectivity index (χ1n) is 6.98. The average molecular weight is 305 g/mol. The number of nitrogens with two attached hydrogens (primary N) is 1. The quantitative estimate of drug-likeness (QED) is 0.462. The first-order chi connectivity index (χ1) is 9.84. The summed E-state index contributed by atoms with van der Waals surface area (Å²) in [6.45, 7) is 2.65. The fraction of sp³-hybridized carbons (Fsp3) is 0.692. The van der Waals surface area contributed by atoms with Crippen molar-refractivity contribution in [3.05, 3.63) is 17.5 Å². The molecular formula is C13H22F3N5. The van der Waals surface area contributed by atoms with Crippen molar-refractivity contribution in [2.24, 2.45) is 17.8 Å². The number of guanidine groups is 1. The number of unbranched alkanes of at least 4 members (excludes halogenated alkanes) is 3. The van der Waals surface area contributed by atoms with Crippen LogP contribution in [0.25, 0.3) is 0 Å². The molecule has 0 radical (unpaired) electrons. The highest BCUT2D eigenvalue weighted by atomic mass is 19.4. The highest BCUT2D eigenvalue weighted by Crippen LogP contribution is 2.30. The first-order valence-corrected chi connectivity index (χ1v) is 6.98. The lowest BCUT2D eigenvalue weighted by Gasteiger charge is -2.06. The van der Waals surface area contributed by atoms with Crippen molar-refractivity contribution < 1.29 is 13.2 Å². The van der Waals surface area contributed by atoms with Gasteiger partial charge >= 0.3 is 6.18 Å². The number of hydrogen-bond donors (Lipinski definition) is 2. The van der Waals surface area contributed by atoms with E-state index in [0.717, 1.165) is 30.4 Å². The Morgan fingerprint density at radius 2 is 2.10 bits per heavy atom. The van der Waals surface area contributed by atoms with Gasteiger partial charge < -0.3 is 11.1 Å². The predicted molar refractivity (Wildman–Crippen MR) is 75.7 cm³/mol. The van der Waals surface area contributed by atoms with E-state index < -0.39 is 11.9 Å². The monoisotopic (exact) mass is 305 g/mol. The summed E-state index contributed by atoms with van der Waals surface area (Å²) in [5.41, 5.74) is 4.73. The van der Waals surface area contributed by atoms with Crippen molar-refractivity contribution in [3.8, 4) is 0 Å². The Hall–Kier alpha value is -1.73. The molecule has 0 saturated heterocycles. The van der Waals surface area contributed by atoms with Crippen LogP contribution in [-0.2, 0) is 19.8 Å². The van der Waals surface area contributed by atoms with E-state index in [9.17, 15) is 13.2 Å². The number of alkyl halides is 3. The van der Waals surface area contributed by atoms with Gasteiger partial charge in [0.2, 0.25) is 0 Å². The summed E-state index contributed by atoms with van der Waals surface area (Å²) >= 11 is 0. The fourth-order valence-electron chi connectivity index (χ4n) is 1.89. The summed E-state index contributed by atoms with van der Waals surface area (Å²) in [5, 5.41) is 6.31. The van der Waals surface area contributed by atoms with E-state index >= 15 is 0 Å². The molecule has 1 rings (SSSR count). The number of halogens is 3. The molecular weight excluding hydrogens is 283 g/mol. The van der Waals surface area contributed by atoms with Crippen molar-refractivity contribution in [1.82, 2.24) is 15.1 Å². The number of nitrogens with zero attached hydrogens (tertiary/aromatic N) is 3. The van der Waals surface area contributed by atoms with Crippen LogP contribution in [0, 0.1) is 0 Å². The van der Waals surface area contributed by atoms with Gasteiger partial charge in [-0.05, 0) is 6.42 Å². The van der Waals surface area contributed by atoms with Gasteiger partial charge in [-0.25, -0.2) is 4.99 Å². The lowest BCUT2D eigenvalue weighted by atomic mass is 10.2. The second-order valence-electron chi connectivity index (χ2n) is 4.86. The second kappa shape index (κ2) is 7.90. The van der Waals surface area contributed by atoms with Crippen molar-refractivity contribution in [1.29, 1.82) is 0 Å². The molecule has 120 valence electrons. The van der Waals surface area contributed by atoms with Gasteiger partial charge in [-0.3, -0.25) is 4.68 Å². The van der Waals surface area contributed by atoms with Crippen LogP contribution in [0.3, 0.4) is 0 Å². The number of aliphatic imine (C=N–C) groups is 1. The smallest absolute Gasteiger partial charge is 0.370 e. The summed E-state index contributed by atoms with van der Waals surface area (Å²) in [5.74, 6) is 0.156. The average Bonchev–Trinajstić information content (AvgIpc) is 2.77. The summed E-state index contributed by atoms with van der Waals surface area (Å²) in [6.07, 6.45) is 1.19. The highest BCUT2D eigenvalue weighted by Gasteiger charge is 2.36. The van der Waals surface area contributed by atoms with Crippen LogP contribution in [0.15, 0.2) is 11.2 Å². The molecule has 0 spiro atoms. The number of aryl methyl sites for hydroxylation is 1. The zero-order valence-electron chi connectivity index (χ0n) is 12.4. The third-order valence-electron chi connectivity index (χ3n) is 2.93. The van der Waals surface area contributed by atoms with Crippen LogP contribution < -0.4 is 11.1 Å². The number of hydrogen-bond acceptors (Lipinski definition) is 2. The highest BCUT2D eigenvalue weighted by molar-refractivity contribution is 5.77. The third-order valence-corrected chi connectivity index (χ3v) is 2.93. The molecule has 0 unspecified atom stereocenters. The van der Waals surface area contributed by atoms with Crippen LogP contribution in [0.1, 0.15) is 43.9 Å². The Balaban J connectivity index is 2.52. The van der Waals surface area contributed by atoms with Gasteiger partial charge in [0, 0.05) is 25.4 Å². The first kappa shape index (κ1) is 17.3. The fourth-order valence-corrected chi connectivity index (χ4v) is 1.89. The summed E-state index contributed by atoms with van der Waals surface area (Å²) in [7, 11) is 1.44. The normalized spacial score (nSPS) is 12.7. The van der Waals surface area contributed by atoms with Crippen LogP contribution >= 0.6 is 0 Å². The molecule has 0 saturated carbocycles. The van der Waals surface area contributed by atoms with Crippen LogP contribution in [0.4, 0.5) is 13.2 Å². The van der Waals surface area contributed by atoms with Gasteiger partial charge in [-0.15, -0.1) is 0 Å². The number of rotatable bonds is 7. The molecule has 1 heterocycles. The van der Waals surface area contributed by atoms with E-state index in [1.165, 1.54) is 13.2 Å². The van der Waals surface area contributed by atoms with E-state index in [0.29, 0.717) is 6.54 Å². The molecule has 0 aromatic carbocycles. The standard InChI is InChI=1S/C13H22F3N5/c1-3-4-5-6-7-18-12(17)19-8-10-9-21(2)20-11(10)13(14,15)16/h9H,3-8H2,1-2H3,(H3,17,18,19). The summed E-state index contributed by atoms with van der Waals surface area (Å²) in [4.78, 5) is 3.93. The Morgan fingerprint density at radius 1 is 1.38 bits per heavy atom. The maximum Gasteiger partial charge on any atom is 0.435 e. The van der Waals surface area contributed by atoms with Gasteiger partial charge in [0.05, 0.1) is 6.54 Å². The Bertz CT molecular complexity index is 465.